The lowest BCUT2D eigenvalue weighted by molar-refractivity contribution is 0.0329. The van der Waals surface area contributed by atoms with Crippen molar-refractivity contribution in [2.24, 2.45) is 0 Å². The van der Waals surface area contributed by atoms with E-state index >= 15 is 0 Å². The Morgan fingerprint density at radius 1 is 1.35 bits per heavy atom. The van der Waals surface area contributed by atoms with Crippen LogP contribution in [0.2, 0.25) is 0 Å². The van der Waals surface area contributed by atoms with Gasteiger partial charge in [-0.25, -0.2) is 9.97 Å². The first-order valence-electron chi connectivity index (χ1n) is 7.18. The zero-order valence-electron chi connectivity index (χ0n) is 11.5. The largest absolute Gasteiger partial charge is 0.378 e. The van der Waals surface area contributed by atoms with Crippen molar-refractivity contribution >= 4 is 27.4 Å². The third-order valence-corrected chi connectivity index (χ3v) is 4.41. The molecule has 0 amide bonds. The van der Waals surface area contributed by atoms with Crippen molar-refractivity contribution < 1.29 is 4.74 Å². The van der Waals surface area contributed by atoms with Crippen molar-refractivity contribution in [1.82, 2.24) is 15.3 Å². The maximum Gasteiger partial charge on any atom is 0.147 e. The van der Waals surface area contributed by atoms with E-state index in [0.717, 1.165) is 61.5 Å². The number of nitrogens with one attached hydrogen (secondary N) is 2. The molecule has 0 unspecified atom stereocenters. The summed E-state index contributed by atoms with van der Waals surface area (Å²) in [4.78, 5) is 8.54. The monoisotopic (exact) mass is 292 g/mol. The number of rotatable bonds is 6. The van der Waals surface area contributed by atoms with Crippen LogP contribution in [0.4, 0.5) is 5.82 Å². The molecule has 1 fully saturated rings. The molecule has 2 aromatic heterocycles. The van der Waals surface area contributed by atoms with Gasteiger partial charge in [0.25, 0.3) is 0 Å². The molecule has 2 aromatic rings. The first kappa shape index (κ1) is 13.7. The Labute approximate surface area is 122 Å². The van der Waals surface area contributed by atoms with Crippen molar-refractivity contribution in [3.63, 3.8) is 0 Å². The quantitative estimate of drug-likeness (QED) is 0.800. The molecule has 3 heterocycles. The number of anilines is 1. The van der Waals surface area contributed by atoms with Crippen LogP contribution in [0, 0.1) is 0 Å². The predicted octanol–water partition coefficient (Wildman–Crippen LogP) is 2.26. The highest BCUT2D eigenvalue weighted by Crippen LogP contribution is 2.24. The zero-order valence-corrected chi connectivity index (χ0v) is 12.3. The zero-order chi connectivity index (χ0) is 13.6. The average Bonchev–Trinajstić information content (AvgIpc) is 2.97. The molecule has 0 aliphatic carbocycles. The number of thiophene rings is 1. The predicted molar refractivity (Wildman–Crippen MR) is 82.4 cm³/mol. The number of piperidine rings is 1. The Bertz CT molecular complexity index is 539. The van der Waals surface area contributed by atoms with Gasteiger partial charge in [0.1, 0.15) is 12.1 Å². The van der Waals surface area contributed by atoms with Crippen LogP contribution in [0.1, 0.15) is 19.3 Å². The summed E-state index contributed by atoms with van der Waals surface area (Å²) in [5.41, 5.74) is 1.01. The first-order valence-corrected chi connectivity index (χ1v) is 8.06. The minimum Gasteiger partial charge on any atom is -0.378 e. The average molecular weight is 292 g/mol. The second-order valence-corrected chi connectivity index (χ2v) is 5.87. The molecule has 0 atom stereocenters. The highest BCUT2D eigenvalue weighted by molar-refractivity contribution is 7.17. The van der Waals surface area contributed by atoms with Crippen LogP contribution >= 0.6 is 11.3 Å². The van der Waals surface area contributed by atoms with Gasteiger partial charge in [0, 0.05) is 13.2 Å². The lowest BCUT2D eigenvalue weighted by Crippen LogP contribution is -2.32. The van der Waals surface area contributed by atoms with Crippen LogP contribution in [0.25, 0.3) is 10.2 Å². The minimum absolute atomic E-state index is 0.444. The Morgan fingerprint density at radius 3 is 3.15 bits per heavy atom. The molecule has 3 rings (SSSR count). The van der Waals surface area contributed by atoms with Crippen molar-refractivity contribution in [2.75, 3.05) is 31.6 Å². The van der Waals surface area contributed by atoms with E-state index in [4.69, 9.17) is 4.74 Å². The van der Waals surface area contributed by atoms with Crippen molar-refractivity contribution in [3.05, 3.63) is 17.8 Å². The molecule has 0 aromatic carbocycles. The number of fused-ring (bicyclic) bond motifs is 1. The summed E-state index contributed by atoms with van der Waals surface area (Å²) in [6, 6.07) is 2.02. The Morgan fingerprint density at radius 2 is 2.25 bits per heavy atom. The third-order valence-electron chi connectivity index (χ3n) is 3.50. The lowest BCUT2D eigenvalue weighted by atomic mass is 10.1. The van der Waals surface area contributed by atoms with E-state index < -0.39 is 0 Å². The SMILES string of the molecule is c1nc(NCCCOC2CCNCC2)c2sccc2n1. The Balaban J connectivity index is 1.40. The van der Waals surface area contributed by atoms with Crippen molar-refractivity contribution in [3.8, 4) is 0 Å². The summed E-state index contributed by atoms with van der Waals surface area (Å²) < 4.78 is 7.01. The van der Waals surface area contributed by atoms with E-state index in [-0.39, 0.29) is 0 Å². The van der Waals surface area contributed by atoms with Gasteiger partial charge in [0.05, 0.1) is 16.3 Å². The van der Waals surface area contributed by atoms with E-state index in [1.165, 1.54) is 0 Å². The van der Waals surface area contributed by atoms with E-state index in [1.54, 1.807) is 17.7 Å². The van der Waals surface area contributed by atoms with E-state index in [1.807, 2.05) is 11.4 Å². The molecule has 0 spiro atoms. The molecule has 1 saturated heterocycles. The van der Waals surface area contributed by atoms with Gasteiger partial charge in [-0.2, -0.15) is 0 Å². The maximum atomic E-state index is 5.88. The van der Waals surface area contributed by atoms with Gasteiger partial charge in [-0.05, 0) is 43.8 Å². The van der Waals surface area contributed by atoms with Gasteiger partial charge < -0.3 is 15.4 Å². The van der Waals surface area contributed by atoms with E-state index in [0.29, 0.717) is 6.10 Å². The normalized spacial score (nSPS) is 16.6. The summed E-state index contributed by atoms with van der Waals surface area (Å²) in [6.07, 6.45) is 5.33. The van der Waals surface area contributed by atoms with Gasteiger partial charge in [0.15, 0.2) is 0 Å². The molecule has 20 heavy (non-hydrogen) atoms. The van der Waals surface area contributed by atoms with E-state index in [2.05, 4.69) is 20.6 Å². The van der Waals surface area contributed by atoms with Crippen LogP contribution in [-0.4, -0.2) is 42.3 Å². The van der Waals surface area contributed by atoms with Crippen LogP contribution < -0.4 is 10.6 Å². The summed E-state index contributed by atoms with van der Waals surface area (Å²) in [5.74, 6) is 0.937. The highest BCUT2D eigenvalue weighted by atomic mass is 32.1. The maximum absolute atomic E-state index is 5.88. The topological polar surface area (TPSA) is 59.1 Å². The fourth-order valence-electron chi connectivity index (χ4n) is 2.41. The second-order valence-electron chi connectivity index (χ2n) is 4.96. The second kappa shape index (κ2) is 6.97. The molecule has 6 heteroatoms. The molecule has 0 radical (unpaired) electrons. The fraction of sp³-hybridized carbons (Fsp3) is 0.571. The molecular formula is C14H20N4OS. The molecule has 1 aliphatic heterocycles. The molecule has 108 valence electrons. The smallest absolute Gasteiger partial charge is 0.147 e. The number of hydrogen-bond acceptors (Lipinski definition) is 6. The lowest BCUT2D eigenvalue weighted by Gasteiger charge is -2.22. The molecule has 0 bridgehead atoms. The van der Waals surface area contributed by atoms with Gasteiger partial charge in [-0.15, -0.1) is 11.3 Å². The van der Waals surface area contributed by atoms with Crippen molar-refractivity contribution in [2.45, 2.75) is 25.4 Å². The molecule has 1 aliphatic rings. The number of nitrogens with zero attached hydrogens (tertiary/aromatic N) is 2. The Kier molecular flexibility index (Phi) is 4.78. The van der Waals surface area contributed by atoms with E-state index in [9.17, 15) is 0 Å². The first-order chi connectivity index (χ1) is 9.93. The number of ether oxygens (including phenoxy) is 1. The molecule has 2 N–H and O–H groups in total. The Hall–Kier alpha value is -1.24. The van der Waals surface area contributed by atoms with Gasteiger partial charge in [-0.3, -0.25) is 0 Å². The summed E-state index contributed by atoms with van der Waals surface area (Å²) in [6.45, 7) is 3.87. The van der Waals surface area contributed by atoms with Crippen LogP contribution in [0.5, 0.6) is 0 Å². The van der Waals surface area contributed by atoms with Crippen molar-refractivity contribution in [1.29, 1.82) is 0 Å². The van der Waals surface area contributed by atoms with Gasteiger partial charge in [-0.1, -0.05) is 0 Å². The van der Waals surface area contributed by atoms with Crippen LogP contribution in [0.15, 0.2) is 17.8 Å². The molecule has 5 nitrogen and oxygen atoms in total. The summed E-state index contributed by atoms with van der Waals surface area (Å²) in [7, 11) is 0. The summed E-state index contributed by atoms with van der Waals surface area (Å²) in [5, 5.41) is 8.77. The number of hydrogen-bond donors (Lipinski definition) is 2. The van der Waals surface area contributed by atoms with Gasteiger partial charge in [0.2, 0.25) is 0 Å². The highest BCUT2D eigenvalue weighted by Gasteiger charge is 2.12. The van der Waals surface area contributed by atoms with Crippen LogP contribution in [0.3, 0.4) is 0 Å². The molecular weight excluding hydrogens is 272 g/mol. The number of aromatic nitrogens is 2. The fourth-order valence-corrected chi connectivity index (χ4v) is 3.22. The minimum atomic E-state index is 0.444. The van der Waals surface area contributed by atoms with Gasteiger partial charge >= 0.3 is 0 Å². The standard InChI is InChI=1S/C14H20N4OS/c1(8-19-11-2-6-15-7-3-11)5-16-14-13-12(4-9-20-13)17-10-18-14/h4,9-11,15H,1-3,5-8H2,(H,16,17,18). The summed E-state index contributed by atoms with van der Waals surface area (Å²) >= 11 is 1.67. The van der Waals surface area contributed by atoms with Crippen LogP contribution in [-0.2, 0) is 4.74 Å². The molecule has 0 saturated carbocycles. The third kappa shape index (κ3) is 3.45.